The highest BCUT2D eigenvalue weighted by atomic mass is 19.4. The van der Waals surface area contributed by atoms with Crippen LogP contribution in [-0.4, -0.2) is 0 Å². The number of hydrogen-bond donors (Lipinski definition) is 0. The molecule has 0 nitrogen and oxygen atoms in total. The van der Waals surface area contributed by atoms with Crippen LogP contribution in [0.4, 0.5) is 13.2 Å². The largest absolute Gasteiger partial charge is 0.416 e. The average molecular weight is 246 g/mol. The minimum absolute atomic E-state index is 0.266. The first kappa shape index (κ1) is 16.0. The lowest BCUT2D eigenvalue weighted by Crippen LogP contribution is -2.04. The van der Waals surface area contributed by atoms with Crippen molar-refractivity contribution in [3.8, 4) is 0 Å². The molecule has 0 atom stereocenters. The minimum Gasteiger partial charge on any atom is -0.166 e. The Kier molecular flexibility index (Phi) is 6.29. The van der Waals surface area contributed by atoms with E-state index in [1.807, 2.05) is 13.8 Å². The first-order chi connectivity index (χ1) is 7.64. The van der Waals surface area contributed by atoms with Crippen molar-refractivity contribution in [3.63, 3.8) is 0 Å². The summed E-state index contributed by atoms with van der Waals surface area (Å²) >= 11 is 0. The van der Waals surface area contributed by atoms with E-state index in [-0.39, 0.29) is 5.92 Å². The Morgan fingerprint density at radius 1 is 0.824 bits per heavy atom. The Balaban J connectivity index is 0.000000557. The number of halogens is 3. The highest BCUT2D eigenvalue weighted by Gasteiger charge is 2.29. The van der Waals surface area contributed by atoms with E-state index in [2.05, 4.69) is 20.8 Å². The number of hydrogen-bond acceptors (Lipinski definition) is 0. The van der Waals surface area contributed by atoms with E-state index < -0.39 is 11.7 Å². The molecule has 0 aliphatic heterocycles. The van der Waals surface area contributed by atoms with Gasteiger partial charge in [-0.2, -0.15) is 13.2 Å². The highest BCUT2D eigenvalue weighted by Crippen LogP contribution is 2.29. The van der Waals surface area contributed by atoms with Crippen LogP contribution in [0.3, 0.4) is 0 Å². The maximum Gasteiger partial charge on any atom is 0.416 e. The van der Waals surface area contributed by atoms with Crippen LogP contribution in [0.5, 0.6) is 0 Å². The van der Waals surface area contributed by atoms with Crippen molar-refractivity contribution in [2.24, 2.45) is 5.92 Å². The van der Waals surface area contributed by atoms with Crippen molar-refractivity contribution >= 4 is 0 Å². The lowest BCUT2D eigenvalue weighted by Gasteiger charge is -2.09. The van der Waals surface area contributed by atoms with Gasteiger partial charge in [0.1, 0.15) is 0 Å². The summed E-state index contributed by atoms with van der Waals surface area (Å²) in [7, 11) is 0. The average Bonchev–Trinajstić information content (AvgIpc) is 2.15. The molecule has 98 valence electrons. The van der Waals surface area contributed by atoms with Crippen molar-refractivity contribution < 1.29 is 13.2 Å². The maximum absolute atomic E-state index is 12.1. The fraction of sp³-hybridized carbons (Fsp3) is 0.571. The molecule has 0 N–H and O–H groups in total. The van der Waals surface area contributed by atoms with E-state index in [1.54, 1.807) is 0 Å². The summed E-state index contributed by atoms with van der Waals surface area (Å²) in [4.78, 5) is 0. The Bertz CT molecular complexity index is 304. The van der Waals surface area contributed by atoms with Gasteiger partial charge in [0.05, 0.1) is 5.56 Å². The SMILES string of the molecule is CC(C)C.CC(C)c1ccc(C(F)(F)F)cc1. The molecule has 1 aromatic carbocycles. The molecule has 0 heterocycles. The lowest BCUT2D eigenvalue weighted by molar-refractivity contribution is -0.137. The number of alkyl halides is 3. The molecule has 0 unspecified atom stereocenters. The van der Waals surface area contributed by atoms with Crippen molar-refractivity contribution in [2.45, 2.75) is 46.7 Å². The fourth-order valence-electron chi connectivity index (χ4n) is 1.06. The van der Waals surface area contributed by atoms with Crippen LogP contribution in [0.2, 0.25) is 0 Å². The van der Waals surface area contributed by atoms with Crippen LogP contribution < -0.4 is 0 Å². The van der Waals surface area contributed by atoms with E-state index in [0.717, 1.165) is 23.6 Å². The smallest absolute Gasteiger partial charge is 0.166 e. The second kappa shape index (κ2) is 6.67. The summed E-state index contributed by atoms with van der Waals surface area (Å²) in [6.45, 7) is 10.4. The van der Waals surface area contributed by atoms with Gasteiger partial charge in [-0.15, -0.1) is 0 Å². The maximum atomic E-state index is 12.1. The number of rotatable bonds is 1. The summed E-state index contributed by atoms with van der Waals surface area (Å²) in [5.41, 5.74) is 0.338. The summed E-state index contributed by atoms with van der Waals surface area (Å²) in [5.74, 6) is 1.10. The molecule has 0 amide bonds. The van der Waals surface area contributed by atoms with Crippen molar-refractivity contribution in [2.75, 3.05) is 0 Å². The van der Waals surface area contributed by atoms with Crippen LogP contribution in [0.25, 0.3) is 0 Å². The van der Waals surface area contributed by atoms with Crippen molar-refractivity contribution in [1.29, 1.82) is 0 Å². The van der Waals surface area contributed by atoms with Crippen LogP contribution in [-0.2, 0) is 6.18 Å². The summed E-state index contributed by atoms with van der Waals surface area (Å²) in [6.07, 6.45) is -4.23. The highest BCUT2D eigenvalue weighted by molar-refractivity contribution is 5.26. The first-order valence-corrected chi connectivity index (χ1v) is 5.81. The predicted octanol–water partition coefficient (Wildman–Crippen LogP) is 5.49. The van der Waals surface area contributed by atoms with E-state index in [4.69, 9.17) is 0 Å². The summed E-state index contributed by atoms with van der Waals surface area (Å²) < 4.78 is 36.4. The normalized spacial score (nSPS) is 11.4. The zero-order valence-corrected chi connectivity index (χ0v) is 11.1. The van der Waals surface area contributed by atoms with Gasteiger partial charge in [0.2, 0.25) is 0 Å². The molecule has 0 aromatic heterocycles. The molecule has 0 saturated carbocycles. The third-order valence-electron chi connectivity index (χ3n) is 1.90. The monoisotopic (exact) mass is 246 g/mol. The van der Waals surface area contributed by atoms with Crippen LogP contribution >= 0.6 is 0 Å². The lowest BCUT2D eigenvalue weighted by atomic mass is 10.0. The molecule has 0 aliphatic rings. The molecular weight excluding hydrogens is 225 g/mol. The minimum atomic E-state index is -4.23. The Morgan fingerprint density at radius 3 is 1.41 bits per heavy atom. The Hall–Kier alpha value is -0.990. The van der Waals surface area contributed by atoms with Crippen molar-refractivity contribution in [3.05, 3.63) is 35.4 Å². The third-order valence-corrected chi connectivity index (χ3v) is 1.90. The molecule has 0 spiro atoms. The van der Waals surface area contributed by atoms with Gasteiger partial charge in [-0.25, -0.2) is 0 Å². The topological polar surface area (TPSA) is 0 Å². The third kappa shape index (κ3) is 7.03. The molecular formula is C14H21F3. The van der Waals surface area contributed by atoms with E-state index in [1.165, 1.54) is 12.1 Å². The molecule has 0 aliphatic carbocycles. The molecule has 1 rings (SSSR count). The van der Waals surface area contributed by atoms with E-state index >= 15 is 0 Å². The van der Waals surface area contributed by atoms with Gasteiger partial charge in [-0.3, -0.25) is 0 Å². The molecule has 0 radical (unpaired) electrons. The van der Waals surface area contributed by atoms with Gasteiger partial charge in [0, 0.05) is 0 Å². The molecule has 0 fully saturated rings. The quantitative estimate of drug-likeness (QED) is 0.614. The zero-order chi connectivity index (χ0) is 13.6. The molecule has 17 heavy (non-hydrogen) atoms. The molecule has 1 aromatic rings. The molecule has 0 bridgehead atoms. The Morgan fingerprint density at radius 2 is 1.18 bits per heavy atom. The molecule has 0 saturated heterocycles. The predicted molar refractivity (Wildman–Crippen MR) is 66.0 cm³/mol. The van der Waals surface area contributed by atoms with Gasteiger partial charge in [-0.1, -0.05) is 46.8 Å². The molecule has 3 heteroatoms. The Labute approximate surface area is 102 Å². The second-order valence-electron chi connectivity index (χ2n) is 5.01. The van der Waals surface area contributed by atoms with Gasteiger partial charge in [-0.05, 0) is 29.5 Å². The zero-order valence-electron chi connectivity index (χ0n) is 11.1. The summed E-state index contributed by atoms with van der Waals surface area (Å²) in [6, 6.07) is 5.28. The van der Waals surface area contributed by atoms with Crippen LogP contribution in [0.15, 0.2) is 24.3 Å². The summed E-state index contributed by atoms with van der Waals surface area (Å²) in [5, 5.41) is 0. The van der Waals surface area contributed by atoms with E-state index in [9.17, 15) is 13.2 Å². The van der Waals surface area contributed by atoms with Crippen LogP contribution in [0.1, 0.15) is 51.7 Å². The van der Waals surface area contributed by atoms with Crippen LogP contribution in [0, 0.1) is 5.92 Å². The van der Waals surface area contributed by atoms with Gasteiger partial charge >= 0.3 is 6.18 Å². The van der Waals surface area contributed by atoms with Gasteiger partial charge < -0.3 is 0 Å². The van der Waals surface area contributed by atoms with Gasteiger partial charge in [0.25, 0.3) is 0 Å². The van der Waals surface area contributed by atoms with Gasteiger partial charge in [0.15, 0.2) is 0 Å². The number of benzene rings is 1. The van der Waals surface area contributed by atoms with Crippen molar-refractivity contribution in [1.82, 2.24) is 0 Å². The van der Waals surface area contributed by atoms with E-state index in [0.29, 0.717) is 0 Å². The second-order valence-corrected chi connectivity index (χ2v) is 5.01. The first-order valence-electron chi connectivity index (χ1n) is 5.81. The standard InChI is InChI=1S/C10H11F3.C4H10/c1-7(2)8-3-5-9(6-4-8)10(11,12)13;1-4(2)3/h3-7H,1-2H3;4H,1-3H3. The fourth-order valence-corrected chi connectivity index (χ4v) is 1.06.